The molecule has 0 amide bonds. The average Bonchev–Trinajstić information content (AvgIpc) is 2.77. The van der Waals surface area contributed by atoms with Crippen LogP contribution < -0.4 is 11.1 Å². The second-order valence-electron chi connectivity index (χ2n) is 7.05. The predicted octanol–water partition coefficient (Wildman–Crippen LogP) is 5.50. The summed E-state index contributed by atoms with van der Waals surface area (Å²) < 4.78 is 0. The van der Waals surface area contributed by atoms with Gasteiger partial charge in [0.1, 0.15) is 5.69 Å². The number of aryl methyl sites for hydroxylation is 1. The molecule has 1 heterocycles. The minimum Gasteiger partial charge on any atom is -0.503 e. The van der Waals surface area contributed by atoms with Crippen LogP contribution in [-0.2, 0) is 0 Å². The quantitative estimate of drug-likeness (QED) is 0.416. The number of nitrogens with one attached hydrogen (secondary N) is 1. The van der Waals surface area contributed by atoms with Gasteiger partial charge in [-0.15, -0.1) is 0 Å². The summed E-state index contributed by atoms with van der Waals surface area (Å²) >= 11 is 0. The molecule has 0 saturated heterocycles. The van der Waals surface area contributed by atoms with Crippen molar-refractivity contribution in [1.82, 2.24) is 9.97 Å². The summed E-state index contributed by atoms with van der Waals surface area (Å²) in [6.45, 7) is 5.77. The molecule has 1 aromatic heterocycles. The Kier molecular flexibility index (Phi) is 5.18. The molecule has 0 radical (unpaired) electrons. The Balaban J connectivity index is 1.81. The molecule has 0 atom stereocenters. The van der Waals surface area contributed by atoms with E-state index in [2.05, 4.69) is 21.9 Å². The Bertz CT molecular complexity index is 1180. The summed E-state index contributed by atoms with van der Waals surface area (Å²) in [6, 6.07) is 25.0. The van der Waals surface area contributed by atoms with Gasteiger partial charge in [0.05, 0.1) is 0 Å². The molecule has 3 aromatic carbocycles. The first-order chi connectivity index (χ1) is 14.5. The van der Waals surface area contributed by atoms with Gasteiger partial charge >= 0.3 is 0 Å². The van der Waals surface area contributed by atoms with Gasteiger partial charge in [-0.2, -0.15) is 0 Å². The summed E-state index contributed by atoms with van der Waals surface area (Å²) in [5, 5.41) is 14.2. The second-order valence-corrected chi connectivity index (χ2v) is 7.05. The molecule has 0 unspecified atom stereocenters. The van der Waals surface area contributed by atoms with Crippen molar-refractivity contribution in [2.45, 2.75) is 6.92 Å². The van der Waals surface area contributed by atoms with Crippen LogP contribution in [0.15, 0.2) is 85.4 Å². The standard InChI is InChI=1S/C25H22N4O/c1-16-8-10-19(11-9-16)22-23(30)25(27-21-14-12-18(13-15-21)17(2)26)29-24(28-22)20-6-4-3-5-7-20/h3-15,30H,2,26H2,1H3,(H,27,28,29). The molecule has 0 saturated carbocycles. The lowest BCUT2D eigenvalue weighted by Crippen LogP contribution is -2.01. The van der Waals surface area contributed by atoms with Crippen molar-refractivity contribution < 1.29 is 5.11 Å². The maximum atomic E-state index is 11.0. The molecule has 0 aliphatic heterocycles. The van der Waals surface area contributed by atoms with E-state index in [1.54, 1.807) is 0 Å². The van der Waals surface area contributed by atoms with Crippen molar-refractivity contribution in [3.63, 3.8) is 0 Å². The molecule has 0 aliphatic carbocycles. The van der Waals surface area contributed by atoms with Crippen LogP contribution in [-0.4, -0.2) is 15.1 Å². The van der Waals surface area contributed by atoms with Gasteiger partial charge in [-0.25, -0.2) is 9.97 Å². The number of rotatable bonds is 5. The van der Waals surface area contributed by atoms with Gasteiger partial charge in [0, 0.05) is 22.5 Å². The van der Waals surface area contributed by atoms with E-state index >= 15 is 0 Å². The molecule has 30 heavy (non-hydrogen) atoms. The lowest BCUT2D eigenvalue weighted by atomic mass is 10.1. The van der Waals surface area contributed by atoms with Gasteiger partial charge in [0.25, 0.3) is 0 Å². The normalized spacial score (nSPS) is 10.6. The lowest BCUT2D eigenvalue weighted by Gasteiger charge is -2.14. The fraction of sp³-hybridized carbons (Fsp3) is 0.0400. The molecule has 0 spiro atoms. The summed E-state index contributed by atoms with van der Waals surface area (Å²) in [5.41, 5.74) is 11.1. The fourth-order valence-electron chi connectivity index (χ4n) is 3.08. The molecule has 4 aromatic rings. The Morgan fingerprint density at radius 3 is 2.17 bits per heavy atom. The zero-order valence-electron chi connectivity index (χ0n) is 16.6. The molecule has 148 valence electrons. The lowest BCUT2D eigenvalue weighted by molar-refractivity contribution is 0.475. The van der Waals surface area contributed by atoms with E-state index in [1.165, 1.54) is 0 Å². The number of aromatic hydroxyl groups is 1. The minimum absolute atomic E-state index is 0.00848. The van der Waals surface area contributed by atoms with E-state index in [0.717, 1.165) is 27.9 Å². The van der Waals surface area contributed by atoms with E-state index in [9.17, 15) is 5.11 Å². The second kappa shape index (κ2) is 8.09. The van der Waals surface area contributed by atoms with Crippen LogP contribution in [0.5, 0.6) is 5.75 Å². The smallest absolute Gasteiger partial charge is 0.185 e. The first-order valence-corrected chi connectivity index (χ1v) is 9.56. The molecular formula is C25H22N4O. The summed E-state index contributed by atoms with van der Waals surface area (Å²) in [5.74, 6) is 0.850. The highest BCUT2D eigenvalue weighted by Crippen LogP contribution is 2.36. The third-order valence-corrected chi connectivity index (χ3v) is 4.76. The van der Waals surface area contributed by atoms with Gasteiger partial charge in [-0.3, -0.25) is 0 Å². The van der Waals surface area contributed by atoms with Crippen molar-refractivity contribution in [3.8, 4) is 28.4 Å². The van der Waals surface area contributed by atoms with Crippen LogP contribution in [0.4, 0.5) is 11.5 Å². The number of anilines is 2. The highest BCUT2D eigenvalue weighted by atomic mass is 16.3. The zero-order chi connectivity index (χ0) is 21.1. The van der Waals surface area contributed by atoms with Crippen LogP contribution >= 0.6 is 0 Å². The van der Waals surface area contributed by atoms with Crippen LogP contribution in [0, 0.1) is 6.92 Å². The van der Waals surface area contributed by atoms with Crippen LogP contribution in [0.2, 0.25) is 0 Å². The Morgan fingerprint density at radius 1 is 0.867 bits per heavy atom. The van der Waals surface area contributed by atoms with Gasteiger partial charge in [0.2, 0.25) is 0 Å². The molecular weight excluding hydrogens is 372 g/mol. The van der Waals surface area contributed by atoms with Gasteiger partial charge in [-0.05, 0) is 24.6 Å². The number of hydrogen-bond acceptors (Lipinski definition) is 5. The maximum Gasteiger partial charge on any atom is 0.185 e. The van der Waals surface area contributed by atoms with Crippen molar-refractivity contribution in [1.29, 1.82) is 0 Å². The molecule has 4 N–H and O–H groups in total. The number of nitrogens with two attached hydrogens (primary N) is 1. The summed E-state index contributed by atoms with van der Waals surface area (Å²) in [6.07, 6.45) is 0. The average molecular weight is 394 g/mol. The Hall–Kier alpha value is -4.12. The summed E-state index contributed by atoms with van der Waals surface area (Å²) in [7, 11) is 0. The van der Waals surface area contributed by atoms with Crippen molar-refractivity contribution in [2.75, 3.05) is 5.32 Å². The van der Waals surface area contributed by atoms with E-state index in [-0.39, 0.29) is 5.75 Å². The number of nitrogens with zero attached hydrogens (tertiary/aromatic N) is 2. The summed E-state index contributed by atoms with van der Waals surface area (Å²) in [4.78, 5) is 9.24. The van der Waals surface area contributed by atoms with Crippen LogP contribution in [0.25, 0.3) is 28.3 Å². The predicted molar refractivity (Wildman–Crippen MR) is 122 cm³/mol. The van der Waals surface area contributed by atoms with E-state index in [0.29, 0.717) is 23.0 Å². The SMILES string of the molecule is C=C(N)c1ccc(Nc2nc(-c3ccccc3)nc(-c3ccc(C)cc3)c2O)cc1. The Labute approximate surface area is 175 Å². The third kappa shape index (κ3) is 4.00. The van der Waals surface area contributed by atoms with Gasteiger partial charge in [0.15, 0.2) is 17.4 Å². The number of benzene rings is 3. The zero-order valence-corrected chi connectivity index (χ0v) is 16.6. The van der Waals surface area contributed by atoms with E-state index in [4.69, 9.17) is 5.73 Å². The van der Waals surface area contributed by atoms with E-state index in [1.807, 2.05) is 85.8 Å². The highest BCUT2D eigenvalue weighted by molar-refractivity contribution is 5.78. The first kappa shape index (κ1) is 19.2. The highest BCUT2D eigenvalue weighted by Gasteiger charge is 2.16. The van der Waals surface area contributed by atoms with Gasteiger partial charge in [-0.1, -0.05) is 78.9 Å². The van der Waals surface area contributed by atoms with Crippen LogP contribution in [0.3, 0.4) is 0 Å². The molecule has 0 bridgehead atoms. The van der Waals surface area contributed by atoms with Gasteiger partial charge < -0.3 is 16.2 Å². The molecule has 0 fully saturated rings. The first-order valence-electron chi connectivity index (χ1n) is 9.56. The monoisotopic (exact) mass is 394 g/mol. The molecule has 4 rings (SSSR count). The molecule has 5 heteroatoms. The number of hydrogen-bond donors (Lipinski definition) is 3. The van der Waals surface area contributed by atoms with Crippen LogP contribution in [0.1, 0.15) is 11.1 Å². The number of aromatic nitrogens is 2. The Morgan fingerprint density at radius 2 is 1.53 bits per heavy atom. The third-order valence-electron chi connectivity index (χ3n) is 4.76. The maximum absolute atomic E-state index is 11.0. The molecule has 5 nitrogen and oxygen atoms in total. The van der Waals surface area contributed by atoms with Crippen molar-refractivity contribution >= 4 is 17.2 Å². The molecule has 0 aliphatic rings. The van der Waals surface area contributed by atoms with Crippen molar-refractivity contribution in [3.05, 3.63) is 96.6 Å². The van der Waals surface area contributed by atoms with E-state index < -0.39 is 0 Å². The van der Waals surface area contributed by atoms with Crippen molar-refractivity contribution in [2.24, 2.45) is 5.73 Å². The largest absolute Gasteiger partial charge is 0.503 e. The topological polar surface area (TPSA) is 84.1 Å². The minimum atomic E-state index is -0.00848. The fourth-order valence-corrected chi connectivity index (χ4v) is 3.08.